The maximum Gasteiger partial charge on any atom is 0.348 e. The number of carbonyl (C=O) groups excluding carboxylic acids is 3. The molecule has 1 unspecified atom stereocenters. The van der Waals surface area contributed by atoms with Gasteiger partial charge in [0.15, 0.2) is 0 Å². The number of aromatic nitrogens is 2. The van der Waals surface area contributed by atoms with E-state index < -0.39 is 29.5 Å². The van der Waals surface area contributed by atoms with Gasteiger partial charge in [-0.25, -0.2) is 9.59 Å². The molecule has 0 aromatic carbocycles. The number of furan rings is 1. The number of carbonyl (C=O) groups is 3. The van der Waals surface area contributed by atoms with Gasteiger partial charge >= 0.3 is 11.7 Å². The number of anilines is 1. The fourth-order valence-electron chi connectivity index (χ4n) is 3.14. The summed E-state index contributed by atoms with van der Waals surface area (Å²) in [4.78, 5) is 53.2. The summed E-state index contributed by atoms with van der Waals surface area (Å²) in [7, 11) is 0. The Morgan fingerprint density at radius 2 is 1.90 bits per heavy atom. The van der Waals surface area contributed by atoms with E-state index in [1.165, 1.54) is 11.5 Å². The molecule has 1 atom stereocenters. The third-order valence-corrected chi connectivity index (χ3v) is 4.32. The van der Waals surface area contributed by atoms with Gasteiger partial charge in [-0.3, -0.25) is 19.5 Å². The Balaban J connectivity index is 2.47. The Morgan fingerprint density at radius 3 is 2.41 bits per heavy atom. The van der Waals surface area contributed by atoms with Crippen molar-refractivity contribution in [2.24, 2.45) is 5.73 Å². The van der Waals surface area contributed by atoms with E-state index in [2.05, 4.69) is 10.3 Å². The SMILES string of the molecule is CCOC(=O)c1c(C)oc(NC(=O)C(CC)n2c(C)cc(C)nc2=O)c1C(N)=O. The smallest absolute Gasteiger partial charge is 0.348 e. The number of primary amides is 1. The van der Waals surface area contributed by atoms with Crippen LogP contribution in [0.5, 0.6) is 0 Å². The molecule has 156 valence electrons. The number of nitrogens with one attached hydrogen (secondary N) is 1. The van der Waals surface area contributed by atoms with Crippen LogP contribution in [-0.2, 0) is 9.53 Å². The second-order valence-electron chi connectivity index (χ2n) is 6.43. The molecular weight excluding hydrogens is 380 g/mol. The van der Waals surface area contributed by atoms with Crippen LogP contribution in [0.3, 0.4) is 0 Å². The van der Waals surface area contributed by atoms with Gasteiger partial charge in [-0.15, -0.1) is 0 Å². The molecule has 0 bridgehead atoms. The lowest BCUT2D eigenvalue weighted by atomic mass is 10.1. The van der Waals surface area contributed by atoms with E-state index in [0.717, 1.165) is 0 Å². The van der Waals surface area contributed by atoms with Gasteiger partial charge < -0.3 is 14.9 Å². The van der Waals surface area contributed by atoms with Gasteiger partial charge in [-0.2, -0.15) is 4.98 Å². The number of hydrogen-bond acceptors (Lipinski definition) is 7. The van der Waals surface area contributed by atoms with Gasteiger partial charge in [0, 0.05) is 11.4 Å². The number of hydrogen-bond donors (Lipinski definition) is 2. The first-order chi connectivity index (χ1) is 13.6. The molecule has 0 aliphatic heterocycles. The maximum absolute atomic E-state index is 12.9. The summed E-state index contributed by atoms with van der Waals surface area (Å²) < 4.78 is 11.6. The quantitative estimate of drug-likeness (QED) is 0.667. The lowest BCUT2D eigenvalue weighted by Gasteiger charge is -2.19. The minimum absolute atomic E-state index is 0.0750. The maximum atomic E-state index is 12.9. The molecular formula is C19H24N4O6. The highest BCUT2D eigenvalue weighted by molar-refractivity contribution is 6.10. The normalized spacial score (nSPS) is 11.8. The number of aryl methyl sites for hydroxylation is 3. The van der Waals surface area contributed by atoms with Crippen molar-refractivity contribution in [2.45, 2.75) is 47.1 Å². The molecule has 0 saturated carbocycles. The topological polar surface area (TPSA) is 147 Å². The molecule has 2 rings (SSSR count). The van der Waals surface area contributed by atoms with Crippen molar-refractivity contribution in [3.05, 3.63) is 44.8 Å². The first-order valence-electron chi connectivity index (χ1n) is 9.10. The molecule has 0 spiro atoms. The van der Waals surface area contributed by atoms with Gasteiger partial charge in [-0.1, -0.05) is 6.92 Å². The van der Waals surface area contributed by atoms with E-state index in [9.17, 15) is 19.2 Å². The minimum Gasteiger partial charge on any atom is -0.462 e. The van der Waals surface area contributed by atoms with Crippen molar-refractivity contribution >= 4 is 23.7 Å². The number of nitrogens with zero attached hydrogens (tertiary/aromatic N) is 2. The third kappa shape index (κ3) is 4.36. The summed E-state index contributed by atoms with van der Waals surface area (Å²) in [5, 5.41) is 2.47. The molecule has 2 aromatic rings. The van der Waals surface area contributed by atoms with Crippen LogP contribution in [-0.4, -0.2) is 33.9 Å². The van der Waals surface area contributed by atoms with Crippen molar-refractivity contribution in [1.29, 1.82) is 0 Å². The zero-order valence-electron chi connectivity index (χ0n) is 17.0. The highest BCUT2D eigenvalue weighted by Gasteiger charge is 2.31. The number of nitrogens with two attached hydrogens (primary N) is 1. The zero-order chi connectivity index (χ0) is 21.9. The largest absolute Gasteiger partial charge is 0.462 e. The van der Waals surface area contributed by atoms with Gasteiger partial charge in [0.2, 0.25) is 11.8 Å². The second kappa shape index (κ2) is 8.72. The molecule has 3 N–H and O–H groups in total. The van der Waals surface area contributed by atoms with Crippen molar-refractivity contribution < 1.29 is 23.5 Å². The van der Waals surface area contributed by atoms with Gasteiger partial charge in [-0.05, 0) is 40.2 Å². The third-order valence-electron chi connectivity index (χ3n) is 4.32. The number of amides is 2. The summed E-state index contributed by atoms with van der Waals surface area (Å²) >= 11 is 0. The average Bonchev–Trinajstić information content (AvgIpc) is 2.94. The molecule has 2 heterocycles. The highest BCUT2D eigenvalue weighted by Crippen LogP contribution is 2.28. The van der Waals surface area contributed by atoms with Crippen LogP contribution < -0.4 is 16.7 Å². The lowest BCUT2D eigenvalue weighted by molar-refractivity contribution is -0.119. The molecule has 0 aliphatic carbocycles. The summed E-state index contributed by atoms with van der Waals surface area (Å²) in [6.07, 6.45) is 0.271. The summed E-state index contributed by atoms with van der Waals surface area (Å²) in [5.41, 5.74) is 5.50. The Bertz CT molecular complexity index is 1020. The molecule has 0 fully saturated rings. The van der Waals surface area contributed by atoms with E-state index in [0.29, 0.717) is 11.4 Å². The number of rotatable bonds is 7. The summed E-state index contributed by atoms with van der Waals surface area (Å²) in [6, 6.07) is 0.773. The Hall–Kier alpha value is -3.43. The van der Waals surface area contributed by atoms with Crippen molar-refractivity contribution in [1.82, 2.24) is 9.55 Å². The first-order valence-corrected chi connectivity index (χ1v) is 9.10. The van der Waals surface area contributed by atoms with E-state index in [1.54, 1.807) is 33.8 Å². The molecule has 0 radical (unpaired) electrons. The second-order valence-corrected chi connectivity index (χ2v) is 6.43. The minimum atomic E-state index is -0.960. The molecule has 10 nitrogen and oxygen atoms in total. The summed E-state index contributed by atoms with van der Waals surface area (Å²) in [6.45, 7) is 8.25. The zero-order valence-corrected chi connectivity index (χ0v) is 17.0. The van der Waals surface area contributed by atoms with Crippen molar-refractivity contribution in [2.75, 3.05) is 11.9 Å². The molecule has 2 amide bonds. The van der Waals surface area contributed by atoms with E-state index in [-0.39, 0.29) is 35.8 Å². The van der Waals surface area contributed by atoms with Crippen LogP contribution in [0.4, 0.5) is 5.88 Å². The van der Waals surface area contributed by atoms with Crippen molar-refractivity contribution in [3.8, 4) is 0 Å². The van der Waals surface area contributed by atoms with E-state index >= 15 is 0 Å². The van der Waals surface area contributed by atoms with Gasteiger partial charge in [0.25, 0.3) is 5.91 Å². The Kier molecular flexibility index (Phi) is 6.57. The van der Waals surface area contributed by atoms with Gasteiger partial charge in [0.05, 0.1) is 6.61 Å². The number of ether oxygens (including phenoxy) is 1. The average molecular weight is 404 g/mol. The lowest BCUT2D eigenvalue weighted by Crippen LogP contribution is -2.36. The van der Waals surface area contributed by atoms with Crippen LogP contribution in [0.25, 0.3) is 0 Å². The Morgan fingerprint density at radius 1 is 1.24 bits per heavy atom. The van der Waals surface area contributed by atoms with Crippen LogP contribution in [0.15, 0.2) is 15.3 Å². The Labute approximate surface area is 167 Å². The molecule has 2 aromatic heterocycles. The molecule has 10 heteroatoms. The van der Waals surface area contributed by atoms with E-state index in [1.807, 2.05) is 0 Å². The number of esters is 1. The summed E-state index contributed by atoms with van der Waals surface area (Å²) in [5.74, 6) is -2.56. The van der Waals surface area contributed by atoms with Crippen LogP contribution in [0, 0.1) is 20.8 Å². The predicted molar refractivity (Wildman–Crippen MR) is 104 cm³/mol. The van der Waals surface area contributed by atoms with Crippen LogP contribution >= 0.6 is 0 Å². The van der Waals surface area contributed by atoms with E-state index in [4.69, 9.17) is 14.9 Å². The predicted octanol–water partition coefficient (Wildman–Crippen LogP) is 1.63. The standard InChI is InChI=1S/C19H24N4O6/c1-6-12(23-10(4)8-9(3)21-19(23)27)16(25)22-17-14(15(20)24)13(11(5)29-17)18(26)28-7-2/h8,12H,6-7H2,1-5H3,(H2,20,24)(H,22,25). The highest BCUT2D eigenvalue weighted by atomic mass is 16.5. The van der Waals surface area contributed by atoms with Crippen LogP contribution in [0.2, 0.25) is 0 Å². The molecule has 0 saturated heterocycles. The fraction of sp³-hybridized carbons (Fsp3) is 0.421. The van der Waals surface area contributed by atoms with Crippen LogP contribution in [0.1, 0.15) is 64.2 Å². The monoisotopic (exact) mass is 404 g/mol. The van der Waals surface area contributed by atoms with Gasteiger partial charge in [0.1, 0.15) is 22.9 Å². The fourth-order valence-corrected chi connectivity index (χ4v) is 3.14. The molecule has 0 aliphatic rings. The molecule has 29 heavy (non-hydrogen) atoms. The first kappa shape index (κ1) is 21.9. The van der Waals surface area contributed by atoms with Crippen molar-refractivity contribution in [3.63, 3.8) is 0 Å².